The minimum atomic E-state index is 0.0398. The average Bonchev–Trinajstić information content (AvgIpc) is 3.43. The van der Waals surface area contributed by atoms with Crippen molar-refractivity contribution in [2.75, 3.05) is 25.0 Å². The summed E-state index contributed by atoms with van der Waals surface area (Å²) in [7, 11) is 0. The molecule has 1 fully saturated rings. The van der Waals surface area contributed by atoms with Crippen LogP contribution < -0.4 is 10.2 Å². The normalized spacial score (nSPS) is 17.2. The lowest BCUT2D eigenvalue weighted by Gasteiger charge is -2.22. The molecule has 1 aliphatic rings. The minimum absolute atomic E-state index is 0.0398. The zero-order valence-electron chi connectivity index (χ0n) is 16.5. The fourth-order valence-electron chi connectivity index (χ4n) is 3.88. The van der Waals surface area contributed by atoms with E-state index < -0.39 is 0 Å². The van der Waals surface area contributed by atoms with Gasteiger partial charge in [0.25, 0.3) is 5.91 Å². The van der Waals surface area contributed by atoms with Crippen LogP contribution in [0.4, 0.5) is 5.69 Å². The van der Waals surface area contributed by atoms with Gasteiger partial charge in [0, 0.05) is 17.9 Å². The van der Waals surface area contributed by atoms with E-state index in [0.717, 1.165) is 49.4 Å². The number of nitrogens with one attached hydrogen (secondary N) is 2. The van der Waals surface area contributed by atoms with Gasteiger partial charge in [-0.2, -0.15) is 0 Å². The van der Waals surface area contributed by atoms with Gasteiger partial charge in [-0.15, -0.1) is 11.3 Å². The quantitative estimate of drug-likeness (QED) is 0.599. The van der Waals surface area contributed by atoms with Gasteiger partial charge in [0.05, 0.1) is 4.88 Å². The van der Waals surface area contributed by atoms with Crippen LogP contribution in [-0.4, -0.2) is 31.7 Å². The van der Waals surface area contributed by atoms with Crippen molar-refractivity contribution in [3.05, 3.63) is 77.0 Å². The van der Waals surface area contributed by atoms with Crippen LogP contribution in [0.3, 0.4) is 0 Å². The Morgan fingerprint density at radius 2 is 1.90 bits per heavy atom. The van der Waals surface area contributed by atoms with Gasteiger partial charge in [-0.1, -0.05) is 54.6 Å². The van der Waals surface area contributed by atoms with E-state index in [4.69, 9.17) is 4.74 Å². The molecule has 0 spiro atoms. The monoisotopic (exact) mass is 407 g/mol. The second-order valence-corrected chi connectivity index (χ2v) is 8.51. The molecule has 2 N–H and O–H groups in total. The second kappa shape index (κ2) is 9.83. The number of para-hydroxylation sites is 1. The maximum absolute atomic E-state index is 12.9. The van der Waals surface area contributed by atoms with Crippen molar-refractivity contribution in [3.63, 3.8) is 0 Å². The maximum Gasteiger partial charge on any atom is 0.279 e. The van der Waals surface area contributed by atoms with Gasteiger partial charge < -0.3 is 15.0 Å². The highest BCUT2D eigenvalue weighted by atomic mass is 32.1. The van der Waals surface area contributed by atoms with Crippen LogP contribution >= 0.6 is 11.3 Å². The molecule has 1 aliphatic heterocycles. The summed E-state index contributed by atoms with van der Waals surface area (Å²) in [4.78, 5) is 15.5. The zero-order chi connectivity index (χ0) is 19.9. The summed E-state index contributed by atoms with van der Waals surface area (Å²) < 4.78 is 5.83. The van der Waals surface area contributed by atoms with Gasteiger partial charge in [-0.05, 0) is 35.9 Å². The van der Waals surface area contributed by atoms with Crippen molar-refractivity contribution in [1.82, 2.24) is 0 Å². The number of ether oxygens (including phenoxy) is 1. The van der Waals surface area contributed by atoms with Crippen molar-refractivity contribution >= 4 is 22.9 Å². The number of hydrogen-bond acceptors (Lipinski definition) is 3. The third-order valence-corrected chi connectivity index (χ3v) is 6.12. The first-order valence-electron chi connectivity index (χ1n) is 10.2. The molecule has 5 heteroatoms. The van der Waals surface area contributed by atoms with Crippen molar-refractivity contribution in [3.8, 4) is 11.1 Å². The van der Waals surface area contributed by atoms with E-state index in [1.807, 2.05) is 42.5 Å². The standard InChI is InChI=1S/C24H26N2O2S/c27-24(25-23-13-5-4-12-22(23)19-8-2-1-3-9-19)18-26(16-20-10-6-14-28-20)17-21-11-7-15-29-21/h1-5,7-9,11-13,15,20H,6,10,14,16-18H2,(H,25,27)/p+1/t20-/m0/s1. The SMILES string of the molecule is O=C(C[NH+](Cc1cccs1)C[C@@H]1CCCO1)Nc1ccccc1-c1ccccc1. The Morgan fingerprint density at radius 1 is 1.07 bits per heavy atom. The molecule has 3 aromatic rings. The van der Waals surface area contributed by atoms with E-state index in [9.17, 15) is 4.79 Å². The number of hydrogen-bond donors (Lipinski definition) is 2. The number of anilines is 1. The van der Waals surface area contributed by atoms with E-state index in [-0.39, 0.29) is 12.0 Å². The predicted octanol–water partition coefficient (Wildman–Crippen LogP) is 3.62. The Hall–Kier alpha value is -2.47. The molecule has 1 saturated heterocycles. The number of carbonyl (C=O) groups is 1. The van der Waals surface area contributed by atoms with Gasteiger partial charge in [-0.25, -0.2) is 0 Å². The minimum Gasteiger partial charge on any atom is -0.372 e. The summed E-state index contributed by atoms with van der Waals surface area (Å²) in [5.41, 5.74) is 3.00. The molecule has 2 atom stereocenters. The molecule has 4 nitrogen and oxygen atoms in total. The molecule has 29 heavy (non-hydrogen) atoms. The van der Waals surface area contributed by atoms with Crippen LogP contribution in [0.15, 0.2) is 72.1 Å². The molecule has 4 rings (SSSR count). The Kier molecular flexibility index (Phi) is 6.72. The summed E-state index contributed by atoms with van der Waals surface area (Å²) >= 11 is 1.75. The lowest BCUT2D eigenvalue weighted by atomic mass is 10.0. The van der Waals surface area contributed by atoms with Gasteiger partial charge in [-0.3, -0.25) is 4.79 Å². The fraction of sp³-hybridized carbons (Fsp3) is 0.292. The highest BCUT2D eigenvalue weighted by Crippen LogP contribution is 2.27. The van der Waals surface area contributed by atoms with E-state index >= 15 is 0 Å². The summed E-state index contributed by atoms with van der Waals surface area (Å²) in [5, 5.41) is 5.24. The summed E-state index contributed by atoms with van der Waals surface area (Å²) in [6.45, 7) is 2.99. The Bertz CT molecular complexity index is 906. The van der Waals surface area contributed by atoms with Crippen LogP contribution in [0.2, 0.25) is 0 Å². The topological polar surface area (TPSA) is 42.8 Å². The molecule has 1 unspecified atom stereocenters. The maximum atomic E-state index is 12.9. The zero-order valence-corrected chi connectivity index (χ0v) is 17.3. The van der Waals surface area contributed by atoms with Crippen molar-refractivity contribution in [2.45, 2.75) is 25.5 Å². The Labute approximate surface area is 176 Å². The van der Waals surface area contributed by atoms with Crippen LogP contribution in [0.1, 0.15) is 17.7 Å². The smallest absolute Gasteiger partial charge is 0.279 e. The molecule has 0 aliphatic carbocycles. The molecule has 0 bridgehead atoms. The highest BCUT2D eigenvalue weighted by molar-refractivity contribution is 7.09. The summed E-state index contributed by atoms with van der Waals surface area (Å²) in [5.74, 6) is 0.0398. The van der Waals surface area contributed by atoms with Gasteiger partial charge >= 0.3 is 0 Å². The van der Waals surface area contributed by atoms with E-state index in [0.29, 0.717) is 6.54 Å². The number of amides is 1. The lowest BCUT2D eigenvalue weighted by Crippen LogP contribution is -3.12. The summed E-state index contributed by atoms with van der Waals surface area (Å²) in [6, 6.07) is 22.4. The fourth-order valence-corrected chi connectivity index (χ4v) is 4.65. The second-order valence-electron chi connectivity index (χ2n) is 7.48. The van der Waals surface area contributed by atoms with E-state index in [1.54, 1.807) is 11.3 Å². The predicted molar refractivity (Wildman–Crippen MR) is 118 cm³/mol. The molecule has 1 aromatic heterocycles. The molecule has 2 heterocycles. The van der Waals surface area contributed by atoms with Crippen LogP contribution in [0.25, 0.3) is 11.1 Å². The summed E-state index contributed by atoms with van der Waals surface area (Å²) in [6.07, 6.45) is 2.47. The molecule has 1 amide bonds. The molecule has 0 saturated carbocycles. The van der Waals surface area contributed by atoms with E-state index in [1.165, 1.54) is 9.78 Å². The van der Waals surface area contributed by atoms with Crippen LogP contribution in [0, 0.1) is 0 Å². The van der Waals surface area contributed by atoms with Gasteiger partial charge in [0.1, 0.15) is 19.2 Å². The third kappa shape index (κ3) is 5.54. The van der Waals surface area contributed by atoms with Gasteiger partial charge in [0.2, 0.25) is 0 Å². The van der Waals surface area contributed by atoms with Crippen molar-refractivity contribution < 1.29 is 14.4 Å². The van der Waals surface area contributed by atoms with Crippen molar-refractivity contribution in [1.29, 1.82) is 0 Å². The number of rotatable bonds is 8. The largest absolute Gasteiger partial charge is 0.372 e. The average molecular weight is 408 g/mol. The van der Waals surface area contributed by atoms with E-state index in [2.05, 4.69) is 35.0 Å². The lowest BCUT2D eigenvalue weighted by molar-refractivity contribution is -0.908. The number of thiophene rings is 1. The number of benzene rings is 2. The number of quaternary nitrogens is 1. The molecule has 2 aromatic carbocycles. The Balaban J connectivity index is 1.45. The van der Waals surface area contributed by atoms with Crippen LogP contribution in [0.5, 0.6) is 0 Å². The first-order valence-corrected chi connectivity index (χ1v) is 11.1. The molecule has 0 radical (unpaired) electrons. The molecular formula is C24H27N2O2S+. The first-order chi connectivity index (χ1) is 14.3. The highest BCUT2D eigenvalue weighted by Gasteiger charge is 2.24. The molecular weight excluding hydrogens is 380 g/mol. The third-order valence-electron chi connectivity index (χ3n) is 5.24. The first kappa shape index (κ1) is 19.8. The van der Waals surface area contributed by atoms with Crippen molar-refractivity contribution in [2.24, 2.45) is 0 Å². The Morgan fingerprint density at radius 3 is 2.66 bits per heavy atom. The van der Waals surface area contributed by atoms with Gasteiger partial charge in [0.15, 0.2) is 6.54 Å². The molecule has 150 valence electrons. The van der Waals surface area contributed by atoms with Crippen LogP contribution in [-0.2, 0) is 16.1 Å². The number of carbonyl (C=O) groups excluding carboxylic acids is 1.